The Kier molecular flexibility index (Phi) is 12.9. The number of rotatable bonds is 13. The van der Waals surface area contributed by atoms with Gasteiger partial charge in [-0.15, -0.1) is 0 Å². The Labute approximate surface area is 281 Å². The molecule has 14 heteroatoms. The van der Waals surface area contributed by atoms with Crippen LogP contribution < -0.4 is 20.9 Å². The number of aliphatic carboxylic acids is 1. The molecule has 0 spiro atoms. The number of aromatic nitrogens is 2. The van der Waals surface area contributed by atoms with Crippen molar-refractivity contribution in [2.45, 2.75) is 51.1 Å². The average Bonchev–Trinajstić information content (AvgIpc) is 3.77. The fourth-order valence-corrected chi connectivity index (χ4v) is 5.27. The van der Waals surface area contributed by atoms with Crippen molar-refractivity contribution in [3.05, 3.63) is 108 Å². The lowest BCUT2D eigenvalue weighted by Crippen LogP contribution is -2.48. The fraction of sp³-hybridized carbons (Fsp3) is 0.314. The summed E-state index contributed by atoms with van der Waals surface area (Å²) < 4.78 is 33.7. The highest BCUT2D eigenvalue weighted by atomic mass is 19.4. The summed E-state index contributed by atoms with van der Waals surface area (Å²) in [7, 11) is 0. The predicted octanol–water partition coefficient (Wildman–Crippen LogP) is 4.56. The molecule has 49 heavy (non-hydrogen) atoms. The number of nitrogens with one attached hydrogen (secondary N) is 3. The highest BCUT2D eigenvalue weighted by Gasteiger charge is 2.38. The molecule has 5 N–H and O–H groups in total. The van der Waals surface area contributed by atoms with Crippen molar-refractivity contribution in [3.63, 3.8) is 0 Å². The lowest BCUT2D eigenvalue weighted by Gasteiger charge is -2.25. The van der Waals surface area contributed by atoms with Gasteiger partial charge < -0.3 is 35.6 Å². The van der Waals surface area contributed by atoms with Crippen LogP contribution >= 0.6 is 0 Å². The van der Waals surface area contributed by atoms with Gasteiger partial charge in [-0.3, -0.25) is 9.59 Å². The molecular formula is C35H39F3N6O5. The minimum Gasteiger partial charge on any atom is -0.475 e. The number of anilines is 2. The highest BCUT2D eigenvalue weighted by molar-refractivity contribution is 6.00. The Balaban J connectivity index is 0.000000698. The third kappa shape index (κ3) is 10.9. The maximum Gasteiger partial charge on any atom is 0.490 e. The van der Waals surface area contributed by atoms with Crippen molar-refractivity contribution in [1.82, 2.24) is 20.2 Å². The Hall–Kier alpha value is -5.21. The molecule has 260 valence electrons. The van der Waals surface area contributed by atoms with Gasteiger partial charge in [-0.05, 0) is 61.2 Å². The molecule has 4 aromatic rings. The number of benzene rings is 3. The molecule has 5 rings (SSSR count). The quantitative estimate of drug-likeness (QED) is 0.138. The lowest BCUT2D eigenvalue weighted by atomic mass is 10.00. The monoisotopic (exact) mass is 680 g/mol. The van der Waals surface area contributed by atoms with Crippen molar-refractivity contribution >= 4 is 29.2 Å². The summed E-state index contributed by atoms with van der Waals surface area (Å²) in [6.07, 6.45) is 1.25. The van der Waals surface area contributed by atoms with Crippen LogP contribution in [0.25, 0.3) is 5.69 Å². The summed E-state index contributed by atoms with van der Waals surface area (Å²) in [5.41, 5.74) is 5.02. The molecule has 2 amide bonds. The van der Waals surface area contributed by atoms with E-state index in [2.05, 4.69) is 27.0 Å². The van der Waals surface area contributed by atoms with Crippen LogP contribution in [0.2, 0.25) is 0 Å². The number of carbonyl (C=O) groups is 3. The van der Waals surface area contributed by atoms with Crippen LogP contribution in [0.4, 0.5) is 24.5 Å². The highest BCUT2D eigenvalue weighted by Crippen LogP contribution is 2.27. The zero-order valence-corrected chi connectivity index (χ0v) is 26.9. The summed E-state index contributed by atoms with van der Waals surface area (Å²) in [6.45, 7) is 4.16. The molecule has 1 saturated heterocycles. The predicted molar refractivity (Wildman–Crippen MR) is 179 cm³/mol. The van der Waals surface area contributed by atoms with Crippen LogP contribution in [-0.2, 0) is 22.6 Å². The number of aliphatic hydroxyl groups excluding tert-OH is 1. The maximum atomic E-state index is 13.6. The number of halogens is 3. The second-order valence-electron chi connectivity index (χ2n) is 11.4. The van der Waals surface area contributed by atoms with Gasteiger partial charge >= 0.3 is 12.1 Å². The number of amides is 2. The standard InChI is InChI=1S/C33H38N6O3.C2HF3O2/c1-2-36-27-18-26(19-29(20-27)39-14-7-12-32(39)41)33(42)37-30(17-24-8-4-3-5-9-24)31(40)22-35-21-25-10-6-11-28(16-25)38-15-13-34-23-38;3-2(4,5)1(6)7/h3-6,8-11,13,15-16,18-20,23,30-31,35-36,40H,2,7,12,14,17,21-22H2,1H3,(H,37,42);(H,6,7)/t30-,31+;/m0./s1. The van der Waals surface area contributed by atoms with Crippen molar-refractivity contribution in [2.75, 3.05) is 29.9 Å². The molecule has 0 bridgehead atoms. The van der Waals surface area contributed by atoms with E-state index in [0.717, 1.165) is 28.9 Å². The molecular weight excluding hydrogens is 641 g/mol. The number of carboxylic acids is 1. The minimum absolute atomic E-state index is 0.0639. The number of nitrogens with zero attached hydrogens (tertiary/aromatic N) is 3. The van der Waals surface area contributed by atoms with E-state index in [0.29, 0.717) is 43.7 Å². The van der Waals surface area contributed by atoms with E-state index in [1.807, 2.05) is 72.3 Å². The molecule has 0 unspecified atom stereocenters. The summed E-state index contributed by atoms with van der Waals surface area (Å²) >= 11 is 0. The zero-order chi connectivity index (χ0) is 35.4. The summed E-state index contributed by atoms with van der Waals surface area (Å²) in [6, 6.07) is 22.9. The molecule has 0 radical (unpaired) electrons. The van der Waals surface area contributed by atoms with Gasteiger partial charge in [0.1, 0.15) is 0 Å². The second kappa shape index (κ2) is 17.3. The summed E-state index contributed by atoms with van der Waals surface area (Å²) in [4.78, 5) is 40.8. The Morgan fingerprint density at radius 2 is 1.73 bits per heavy atom. The van der Waals surface area contributed by atoms with Gasteiger partial charge in [0, 0.05) is 67.6 Å². The van der Waals surface area contributed by atoms with E-state index < -0.39 is 24.3 Å². The van der Waals surface area contributed by atoms with Crippen molar-refractivity contribution in [2.24, 2.45) is 0 Å². The van der Waals surface area contributed by atoms with Gasteiger partial charge in [0.05, 0.1) is 18.5 Å². The first-order chi connectivity index (χ1) is 23.4. The minimum atomic E-state index is -5.08. The number of imidazole rings is 1. The molecule has 2 atom stereocenters. The number of carboxylic acid groups (broad SMARTS) is 1. The van der Waals surface area contributed by atoms with Crippen LogP contribution in [0.3, 0.4) is 0 Å². The van der Waals surface area contributed by atoms with E-state index in [-0.39, 0.29) is 18.4 Å². The van der Waals surface area contributed by atoms with Crippen LogP contribution in [0, 0.1) is 0 Å². The first-order valence-electron chi connectivity index (χ1n) is 15.7. The first-order valence-corrected chi connectivity index (χ1v) is 15.7. The SMILES string of the molecule is CCNc1cc(C(=O)N[C@@H](Cc2ccccc2)[C@H](O)CNCc2cccc(-n3ccnc3)c2)cc(N2CCCC2=O)c1.O=C(O)C(F)(F)F. The van der Waals surface area contributed by atoms with E-state index in [1.165, 1.54) is 0 Å². The van der Waals surface area contributed by atoms with Crippen LogP contribution in [-0.4, -0.2) is 75.5 Å². The third-order valence-corrected chi connectivity index (χ3v) is 7.66. The third-order valence-electron chi connectivity index (χ3n) is 7.66. The topological polar surface area (TPSA) is 149 Å². The molecule has 1 aliphatic heterocycles. The summed E-state index contributed by atoms with van der Waals surface area (Å²) in [5, 5.41) is 28.1. The molecule has 1 aromatic heterocycles. The van der Waals surface area contributed by atoms with Crippen molar-refractivity contribution in [3.8, 4) is 5.69 Å². The van der Waals surface area contributed by atoms with Gasteiger partial charge in [0.15, 0.2) is 0 Å². The molecule has 0 aliphatic carbocycles. The Morgan fingerprint density at radius 3 is 2.37 bits per heavy atom. The summed E-state index contributed by atoms with van der Waals surface area (Å²) in [5.74, 6) is -2.99. The normalized spacial score (nSPS) is 14.1. The van der Waals surface area contributed by atoms with Crippen molar-refractivity contribution < 1.29 is 37.8 Å². The van der Waals surface area contributed by atoms with Crippen LogP contribution in [0.1, 0.15) is 41.3 Å². The number of hydrogen-bond donors (Lipinski definition) is 5. The van der Waals surface area contributed by atoms with E-state index in [4.69, 9.17) is 9.90 Å². The van der Waals surface area contributed by atoms with Crippen molar-refractivity contribution in [1.29, 1.82) is 0 Å². The molecule has 1 fully saturated rings. The zero-order valence-electron chi connectivity index (χ0n) is 26.9. The number of alkyl halides is 3. The molecule has 1 aliphatic rings. The van der Waals surface area contributed by atoms with Crippen LogP contribution in [0.5, 0.6) is 0 Å². The molecule has 0 saturated carbocycles. The number of carbonyl (C=O) groups excluding carboxylic acids is 2. The lowest BCUT2D eigenvalue weighted by molar-refractivity contribution is -0.192. The largest absolute Gasteiger partial charge is 0.490 e. The van der Waals surface area contributed by atoms with Gasteiger partial charge in [-0.25, -0.2) is 9.78 Å². The smallest absolute Gasteiger partial charge is 0.475 e. The van der Waals surface area contributed by atoms with E-state index in [9.17, 15) is 27.9 Å². The number of hydrogen-bond acceptors (Lipinski definition) is 7. The Bertz CT molecular complexity index is 1680. The van der Waals surface area contributed by atoms with E-state index >= 15 is 0 Å². The van der Waals surface area contributed by atoms with Gasteiger partial charge in [0.25, 0.3) is 5.91 Å². The van der Waals surface area contributed by atoms with Gasteiger partial charge in [-0.1, -0.05) is 42.5 Å². The fourth-order valence-electron chi connectivity index (χ4n) is 5.27. The van der Waals surface area contributed by atoms with E-state index in [1.54, 1.807) is 29.6 Å². The first kappa shape index (κ1) is 36.6. The molecule has 11 nitrogen and oxygen atoms in total. The molecule has 2 heterocycles. The maximum absolute atomic E-state index is 13.6. The van der Waals surface area contributed by atoms with Crippen LogP contribution in [0.15, 0.2) is 91.5 Å². The van der Waals surface area contributed by atoms with Gasteiger partial charge in [0.2, 0.25) is 5.91 Å². The average molecular weight is 681 g/mol. The number of aliphatic hydroxyl groups is 1. The second-order valence-corrected chi connectivity index (χ2v) is 11.4. The Morgan fingerprint density at radius 1 is 1.00 bits per heavy atom. The van der Waals surface area contributed by atoms with Gasteiger partial charge in [-0.2, -0.15) is 13.2 Å². The molecule has 3 aromatic carbocycles.